The van der Waals surface area contributed by atoms with Gasteiger partial charge in [-0.05, 0) is 68.2 Å². The molecule has 0 nitrogen and oxygen atoms in total. The van der Waals surface area contributed by atoms with Gasteiger partial charge in [0.2, 0.25) is 0 Å². The van der Waals surface area contributed by atoms with Gasteiger partial charge < -0.3 is 0 Å². The second-order valence-corrected chi connectivity index (χ2v) is 4.85. The molecule has 0 N–H and O–H groups in total. The van der Waals surface area contributed by atoms with E-state index in [4.69, 9.17) is 12.2 Å². The minimum absolute atomic E-state index is 0.893. The van der Waals surface area contributed by atoms with Gasteiger partial charge in [-0.15, -0.1) is 0 Å². The van der Waals surface area contributed by atoms with Gasteiger partial charge in [-0.1, -0.05) is 18.3 Å². The third kappa shape index (κ3) is 2.95. The molecule has 58 valence electrons. The summed E-state index contributed by atoms with van der Waals surface area (Å²) in [6, 6.07) is 6.40. The van der Waals surface area contributed by atoms with Crippen LogP contribution in [0.2, 0.25) is 0 Å². The normalized spacial score (nSPS) is 9.64. The zero-order valence-electron chi connectivity index (χ0n) is 5.68. The summed E-state index contributed by atoms with van der Waals surface area (Å²) in [6.07, 6.45) is 0.893. The molecule has 0 radical (unpaired) electrons. The summed E-state index contributed by atoms with van der Waals surface area (Å²) in [5, 5.41) is 1.77. The molecular weight excluding hydrogens is 382 g/mol. The van der Waals surface area contributed by atoms with Gasteiger partial charge in [-0.3, -0.25) is 0 Å². The maximum Gasteiger partial charge on any atom is 0.0176 e. The Morgan fingerprint density at radius 1 is 1.36 bits per heavy atom. The number of halogens is 2. The Bertz CT molecular complexity index is 271. The van der Waals surface area contributed by atoms with E-state index in [0.29, 0.717) is 0 Å². The maximum absolute atomic E-state index is 4.80. The van der Waals surface area contributed by atoms with Crippen LogP contribution >= 0.6 is 57.4 Å². The second-order valence-electron chi connectivity index (χ2n) is 2.11. The number of hydrogen-bond donors (Lipinski definition) is 0. The minimum Gasteiger partial charge on any atom is -0.0931 e. The Labute approximate surface area is 99.0 Å². The van der Waals surface area contributed by atoms with Crippen molar-refractivity contribution in [3.63, 3.8) is 0 Å². The highest BCUT2D eigenvalue weighted by atomic mass is 127. The fraction of sp³-hybridized carbons (Fsp3) is 0.125. The third-order valence-electron chi connectivity index (χ3n) is 1.32. The molecule has 0 aliphatic carbocycles. The van der Waals surface area contributed by atoms with Crippen LogP contribution in [0.25, 0.3) is 0 Å². The Kier molecular flexibility index (Phi) is 4.22. The van der Waals surface area contributed by atoms with Crippen LogP contribution < -0.4 is 0 Å². The Morgan fingerprint density at radius 3 is 2.64 bits per heavy atom. The van der Waals surface area contributed by atoms with E-state index < -0.39 is 0 Å². The van der Waals surface area contributed by atoms with Gasteiger partial charge >= 0.3 is 0 Å². The predicted molar refractivity (Wildman–Crippen MR) is 69.2 cm³/mol. The van der Waals surface area contributed by atoms with Crippen LogP contribution in [0.3, 0.4) is 0 Å². The molecule has 0 aliphatic heterocycles. The summed E-state index contributed by atoms with van der Waals surface area (Å²) >= 11 is 9.44. The highest BCUT2D eigenvalue weighted by Gasteiger charge is 1.97. The van der Waals surface area contributed by atoms with E-state index in [1.807, 2.05) is 0 Å². The molecule has 1 rings (SSSR count). The van der Waals surface area contributed by atoms with Crippen molar-refractivity contribution in [3.8, 4) is 0 Å². The molecule has 0 spiro atoms. The van der Waals surface area contributed by atoms with Crippen molar-refractivity contribution in [1.29, 1.82) is 0 Å². The van der Waals surface area contributed by atoms with Gasteiger partial charge in [0.05, 0.1) is 0 Å². The first-order chi connectivity index (χ1) is 5.24. The lowest BCUT2D eigenvalue weighted by molar-refractivity contribution is 1.34. The quantitative estimate of drug-likeness (QED) is 0.553. The van der Waals surface area contributed by atoms with E-state index >= 15 is 0 Å². The summed E-state index contributed by atoms with van der Waals surface area (Å²) in [7, 11) is 0. The summed E-state index contributed by atoms with van der Waals surface area (Å²) in [4.78, 5) is 0. The van der Waals surface area contributed by atoms with Crippen LogP contribution in [0.15, 0.2) is 18.2 Å². The van der Waals surface area contributed by atoms with Crippen molar-refractivity contribution in [2.24, 2.45) is 0 Å². The summed E-state index contributed by atoms with van der Waals surface area (Å²) in [6.45, 7) is 0. The van der Waals surface area contributed by atoms with E-state index in [0.717, 1.165) is 6.42 Å². The number of benzene rings is 1. The van der Waals surface area contributed by atoms with Gasteiger partial charge in [0.15, 0.2) is 0 Å². The van der Waals surface area contributed by atoms with E-state index in [1.165, 1.54) is 12.7 Å². The standard InChI is InChI=1S/C8H6I2S/c9-7-2-1-6(3-4-11)8(10)5-7/h1-2,4-5H,3H2. The number of rotatable bonds is 2. The summed E-state index contributed by atoms with van der Waals surface area (Å²) < 4.78 is 2.58. The highest BCUT2D eigenvalue weighted by molar-refractivity contribution is 14.1. The monoisotopic (exact) mass is 388 g/mol. The van der Waals surface area contributed by atoms with Crippen molar-refractivity contribution in [2.75, 3.05) is 0 Å². The van der Waals surface area contributed by atoms with Crippen LogP contribution in [-0.2, 0) is 6.42 Å². The molecule has 0 fully saturated rings. The molecule has 3 heteroatoms. The third-order valence-corrected chi connectivity index (χ3v) is 3.16. The van der Waals surface area contributed by atoms with Crippen molar-refractivity contribution in [3.05, 3.63) is 30.9 Å². The molecule has 0 bridgehead atoms. The Hall–Kier alpha value is 0.770. The van der Waals surface area contributed by atoms with Gasteiger partial charge in [0, 0.05) is 13.6 Å². The molecular formula is C8H6I2S. The van der Waals surface area contributed by atoms with Crippen LogP contribution in [0.1, 0.15) is 5.56 Å². The molecule has 0 saturated heterocycles. The molecule has 0 saturated carbocycles. The highest BCUT2D eigenvalue weighted by Crippen LogP contribution is 2.15. The molecule has 0 unspecified atom stereocenters. The van der Waals surface area contributed by atoms with Gasteiger partial charge in [-0.2, -0.15) is 0 Å². The average molecular weight is 388 g/mol. The largest absolute Gasteiger partial charge is 0.0931 e. The van der Waals surface area contributed by atoms with Crippen molar-refractivity contribution >= 4 is 62.8 Å². The first kappa shape index (κ1) is 9.85. The molecule has 1 aromatic carbocycles. The Balaban J connectivity index is 2.98. The fourth-order valence-electron chi connectivity index (χ4n) is 0.777. The van der Waals surface area contributed by atoms with E-state index in [2.05, 4.69) is 63.4 Å². The molecule has 0 atom stereocenters. The smallest absolute Gasteiger partial charge is 0.0176 e. The molecule has 1 aromatic rings. The minimum atomic E-state index is 0.893. The van der Waals surface area contributed by atoms with E-state index in [-0.39, 0.29) is 0 Å². The molecule has 0 aromatic heterocycles. The lowest BCUT2D eigenvalue weighted by atomic mass is 10.2. The van der Waals surface area contributed by atoms with Crippen molar-refractivity contribution in [2.45, 2.75) is 6.42 Å². The SMILES string of the molecule is S=CCc1ccc(I)cc1I. The number of hydrogen-bond acceptors (Lipinski definition) is 1. The Morgan fingerprint density at radius 2 is 2.09 bits per heavy atom. The average Bonchev–Trinajstić information content (AvgIpc) is 1.95. The zero-order chi connectivity index (χ0) is 8.27. The second kappa shape index (κ2) is 4.71. The van der Waals surface area contributed by atoms with Gasteiger partial charge in [-0.25, -0.2) is 0 Å². The van der Waals surface area contributed by atoms with Crippen LogP contribution in [0.4, 0.5) is 0 Å². The first-order valence-electron chi connectivity index (χ1n) is 3.11. The molecule has 11 heavy (non-hydrogen) atoms. The van der Waals surface area contributed by atoms with Crippen molar-refractivity contribution < 1.29 is 0 Å². The van der Waals surface area contributed by atoms with Crippen LogP contribution in [-0.4, -0.2) is 5.37 Å². The lowest BCUT2D eigenvalue weighted by Gasteiger charge is -1.99. The summed E-state index contributed by atoms with van der Waals surface area (Å²) in [5.41, 5.74) is 1.32. The summed E-state index contributed by atoms with van der Waals surface area (Å²) in [5.74, 6) is 0. The van der Waals surface area contributed by atoms with Crippen LogP contribution in [0.5, 0.6) is 0 Å². The maximum atomic E-state index is 4.80. The van der Waals surface area contributed by atoms with Gasteiger partial charge in [0.25, 0.3) is 0 Å². The van der Waals surface area contributed by atoms with E-state index in [9.17, 15) is 0 Å². The van der Waals surface area contributed by atoms with Crippen molar-refractivity contribution in [1.82, 2.24) is 0 Å². The number of thiocarbonyl (C=S) groups is 1. The lowest BCUT2D eigenvalue weighted by Crippen LogP contribution is -1.89. The first-order valence-corrected chi connectivity index (χ1v) is 5.74. The zero-order valence-corrected chi connectivity index (χ0v) is 10.8. The fourth-order valence-corrected chi connectivity index (χ4v) is 2.78. The van der Waals surface area contributed by atoms with E-state index in [1.54, 1.807) is 5.37 Å². The molecule has 0 heterocycles. The molecule has 0 aliphatic rings. The van der Waals surface area contributed by atoms with Gasteiger partial charge in [0.1, 0.15) is 0 Å². The van der Waals surface area contributed by atoms with Crippen LogP contribution in [0, 0.1) is 7.14 Å². The topological polar surface area (TPSA) is 0 Å². The predicted octanol–water partition coefficient (Wildman–Crippen LogP) is 3.44. The molecule has 0 amide bonds.